The minimum Gasteiger partial charge on any atom is -0.376 e. The molecular formula is C19H26IN3O. The van der Waals surface area contributed by atoms with E-state index >= 15 is 0 Å². The van der Waals surface area contributed by atoms with Crippen LogP contribution < -0.4 is 11.1 Å². The predicted octanol–water partition coefficient (Wildman–Crippen LogP) is 4.19. The molecule has 0 bridgehead atoms. The summed E-state index contributed by atoms with van der Waals surface area (Å²) in [7, 11) is 0. The molecule has 0 aliphatic carbocycles. The van der Waals surface area contributed by atoms with Gasteiger partial charge in [0.15, 0.2) is 5.96 Å². The highest BCUT2D eigenvalue weighted by Gasteiger charge is 2.03. The number of aryl methyl sites for hydroxylation is 1. The maximum Gasteiger partial charge on any atom is 0.193 e. The number of hydrogen-bond acceptors (Lipinski definition) is 2. The van der Waals surface area contributed by atoms with Crippen molar-refractivity contribution in [1.29, 1.82) is 0 Å². The van der Waals surface area contributed by atoms with Gasteiger partial charge in [0.25, 0.3) is 0 Å². The van der Waals surface area contributed by atoms with E-state index < -0.39 is 0 Å². The number of nitrogens with one attached hydrogen (secondary N) is 1. The van der Waals surface area contributed by atoms with E-state index in [9.17, 15) is 0 Å². The number of rotatable bonds is 7. The lowest BCUT2D eigenvalue weighted by molar-refractivity contribution is 0.0945. The molecule has 0 aromatic heterocycles. The SMILES string of the molecule is Cc1cccc(NC(N)=NCC(C)COCc2ccccc2)c1.I. The Morgan fingerprint density at radius 3 is 2.62 bits per heavy atom. The molecule has 1 unspecified atom stereocenters. The zero-order chi connectivity index (χ0) is 16.5. The summed E-state index contributed by atoms with van der Waals surface area (Å²) in [6, 6.07) is 18.2. The number of benzene rings is 2. The van der Waals surface area contributed by atoms with Crippen molar-refractivity contribution in [2.24, 2.45) is 16.6 Å². The third-order valence-electron chi connectivity index (χ3n) is 3.38. The van der Waals surface area contributed by atoms with E-state index in [1.54, 1.807) is 0 Å². The number of nitrogens with zero attached hydrogens (tertiary/aromatic N) is 1. The summed E-state index contributed by atoms with van der Waals surface area (Å²) in [5.74, 6) is 0.752. The van der Waals surface area contributed by atoms with Gasteiger partial charge < -0.3 is 15.8 Å². The lowest BCUT2D eigenvalue weighted by Gasteiger charge is -2.11. The van der Waals surface area contributed by atoms with Crippen molar-refractivity contribution in [3.8, 4) is 0 Å². The average Bonchev–Trinajstić information content (AvgIpc) is 2.54. The standard InChI is InChI=1S/C19H25N3O.HI/c1-15-7-6-10-18(11-15)22-19(20)21-12-16(2)13-23-14-17-8-4-3-5-9-17;/h3-11,16H,12-14H2,1-2H3,(H3,20,21,22);1H. The number of hydrogen-bond donors (Lipinski definition) is 2. The molecule has 5 heteroatoms. The Labute approximate surface area is 161 Å². The second-order valence-corrected chi connectivity index (χ2v) is 5.83. The molecule has 1 atom stereocenters. The molecular weight excluding hydrogens is 413 g/mol. The smallest absolute Gasteiger partial charge is 0.193 e. The van der Waals surface area contributed by atoms with Crippen LogP contribution in [0.5, 0.6) is 0 Å². The van der Waals surface area contributed by atoms with E-state index in [0.29, 0.717) is 31.6 Å². The molecule has 0 heterocycles. The summed E-state index contributed by atoms with van der Waals surface area (Å²) in [5, 5.41) is 3.11. The van der Waals surface area contributed by atoms with Crippen LogP contribution in [0.15, 0.2) is 59.6 Å². The Morgan fingerprint density at radius 1 is 1.17 bits per heavy atom. The van der Waals surface area contributed by atoms with E-state index in [4.69, 9.17) is 10.5 Å². The summed E-state index contributed by atoms with van der Waals surface area (Å²) < 4.78 is 5.72. The Balaban J connectivity index is 0.00000288. The second-order valence-electron chi connectivity index (χ2n) is 5.83. The fraction of sp³-hybridized carbons (Fsp3) is 0.316. The van der Waals surface area contributed by atoms with Crippen LogP contribution >= 0.6 is 24.0 Å². The predicted molar refractivity (Wildman–Crippen MR) is 112 cm³/mol. The maximum atomic E-state index is 5.92. The zero-order valence-electron chi connectivity index (χ0n) is 14.2. The van der Waals surface area contributed by atoms with Crippen LogP contribution in [0.4, 0.5) is 5.69 Å². The van der Waals surface area contributed by atoms with Crippen molar-refractivity contribution in [3.63, 3.8) is 0 Å². The molecule has 0 aliphatic heterocycles. The fourth-order valence-electron chi connectivity index (χ4n) is 2.17. The molecule has 3 N–H and O–H groups in total. The number of guanidine groups is 1. The van der Waals surface area contributed by atoms with Crippen molar-refractivity contribution in [2.45, 2.75) is 20.5 Å². The van der Waals surface area contributed by atoms with E-state index in [2.05, 4.69) is 29.4 Å². The molecule has 0 spiro atoms. The van der Waals surface area contributed by atoms with Gasteiger partial charge in [-0.25, -0.2) is 0 Å². The zero-order valence-corrected chi connectivity index (χ0v) is 16.6. The van der Waals surface area contributed by atoms with Gasteiger partial charge in [0.05, 0.1) is 13.2 Å². The molecule has 0 aliphatic rings. The van der Waals surface area contributed by atoms with Crippen LogP contribution in [0.2, 0.25) is 0 Å². The first kappa shape index (κ1) is 20.4. The first-order valence-corrected chi connectivity index (χ1v) is 7.89. The first-order valence-electron chi connectivity index (χ1n) is 7.89. The number of ether oxygens (including phenoxy) is 1. The molecule has 0 fully saturated rings. The van der Waals surface area contributed by atoms with Crippen molar-refractivity contribution in [1.82, 2.24) is 0 Å². The number of anilines is 1. The summed E-state index contributed by atoms with van der Waals surface area (Å²) in [5.41, 5.74) is 9.25. The first-order chi connectivity index (χ1) is 11.1. The summed E-state index contributed by atoms with van der Waals surface area (Å²) >= 11 is 0. The Hall–Kier alpha value is -1.60. The van der Waals surface area contributed by atoms with E-state index in [1.807, 2.05) is 49.4 Å². The molecule has 0 amide bonds. The third kappa shape index (κ3) is 7.79. The molecule has 0 radical (unpaired) electrons. The summed E-state index contributed by atoms with van der Waals surface area (Å²) in [6.45, 7) is 6.08. The molecule has 2 aromatic carbocycles. The normalized spacial score (nSPS) is 12.3. The van der Waals surface area contributed by atoms with Gasteiger partial charge in [-0.05, 0) is 36.1 Å². The van der Waals surface area contributed by atoms with Gasteiger partial charge in [0.2, 0.25) is 0 Å². The van der Waals surface area contributed by atoms with Crippen LogP contribution in [-0.4, -0.2) is 19.1 Å². The highest BCUT2D eigenvalue weighted by atomic mass is 127. The maximum absolute atomic E-state index is 5.92. The molecule has 0 saturated carbocycles. The number of halogens is 1. The quantitative estimate of drug-likeness (QED) is 0.387. The van der Waals surface area contributed by atoms with Crippen molar-refractivity contribution in [2.75, 3.05) is 18.5 Å². The lowest BCUT2D eigenvalue weighted by Crippen LogP contribution is -2.24. The molecule has 2 rings (SSSR count). The van der Waals surface area contributed by atoms with Gasteiger partial charge in [-0.1, -0.05) is 49.4 Å². The van der Waals surface area contributed by atoms with E-state index in [1.165, 1.54) is 11.1 Å². The molecule has 24 heavy (non-hydrogen) atoms. The van der Waals surface area contributed by atoms with Crippen molar-refractivity contribution >= 4 is 35.6 Å². The van der Waals surface area contributed by atoms with Gasteiger partial charge in [0, 0.05) is 12.2 Å². The third-order valence-corrected chi connectivity index (χ3v) is 3.38. The molecule has 130 valence electrons. The van der Waals surface area contributed by atoms with Gasteiger partial charge in [0.1, 0.15) is 0 Å². The topological polar surface area (TPSA) is 59.6 Å². The highest BCUT2D eigenvalue weighted by Crippen LogP contribution is 2.09. The fourth-order valence-corrected chi connectivity index (χ4v) is 2.17. The minimum absolute atomic E-state index is 0. The minimum atomic E-state index is 0. The van der Waals surface area contributed by atoms with Gasteiger partial charge in [-0.2, -0.15) is 0 Å². The average molecular weight is 439 g/mol. The number of aliphatic imine (C=N–C) groups is 1. The van der Waals surface area contributed by atoms with E-state index in [-0.39, 0.29) is 24.0 Å². The van der Waals surface area contributed by atoms with Crippen LogP contribution in [-0.2, 0) is 11.3 Å². The van der Waals surface area contributed by atoms with Gasteiger partial charge in [-0.3, -0.25) is 4.99 Å². The molecule has 4 nitrogen and oxygen atoms in total. The summed E-state index contributed by atoms with van der Waals surface area (Å²) in [6.07, 6.45) is 0. The van der Waals surface area contributed by atoms with Gasteiger partial charge in [-0.15, -0.1) is 24.0 Å². The van der Waals surface area contributed by atoms with Crippen LogP contribution in [0.3, 0.4) is 0 Å². The Morgan fingerprint density at radius 2 is 1.92 bits per heavy atom. The Kier molecular flexibility index (Phi) is 9.41. The summed E-state index contributed by atoms with van der Waals surface area (Å²) in [4.78, 5) is 4.38. The molecule has 0 saturated heterocycles. The molecule has 2 aromatic rings. The van der Waals surface area contributed by atoms with Gasteiger partial charge >= 0.3 is 0 Å². The largest absolute Gasteiger partial charge is 0.376 e. The number of nitrogens with two attached hydrogens (primary N) is 1. The van der Waals surface area contributed by atoms with Crippen LogP contribution in [0, 0.1) is 12.8 Å². The van der Waals surface area contributed by atoms with Crippen LogP contribution in [0.1, 0.15) is 18.1 Å². The van der Waals surface area contributed by atoms with Crippen LogP contribution in [0.25, 0.3) is 0 Å². The Bertz CT molecular complexity index is 632. The monoisotopic (exact) mass is 439 g/mol. The highest BCUT2D eigenvalue weighted by molar-refractivity contribution is 14.0. The van der Waals surface area contributed by atoms with Crippen molar-refractivity contribution < 1.29 is 4.74 Å². The van der Waals surface area contributed by atoms with E-state index in [0.717, 1.165) is 5.69 Å². The van der Waals surface area contributed by atoms with Crippen molar-refractivity contribution in [3.05, 3.63) is 65.7 Å². The lowest BCUT2D eigenvalue weighted by atomic mass is 10.2. The second kappa shape index (κ2) is 11.0.